The molecule has 0 spiro atoms. The Labute approximate surface area is 158 Å². The first-order valence-corrected chi connectivity index (χ1v) is 8.87. The zero-order chi connectivity index (χ0) is 19.9. The van der Waals surface area contributed by atoms with E-state index in [1.807, 2.05) is 22.8 Å². The van der Waals surface area contributed by atoms with Crippen LogP contribution in [0.25, 0.3) is 10.8 Å². The van der Waals surface area contributed by atoms with Crippen LogP contribution in [-0.4, -0.2) is 10.5 Å². The molecule has 3 aromatic rings. The molecule has 144 valence electrons. The highest BCUT2D eigenvalue weighted by atomic mass is 19.4. The van der Waals surface area contributed by atoms with E-state index >= 15 is 0 Å². The maximum absolute atomic E-state index is 14.3. The molecule has 4 rings (SSSR count). The van der Waals surface area contributed by atoms with E-state index in [0.29, 0.717) is 29.4 Å². The molecule has 0 unspecified atom stereocenters. The van der Waals surface area contributed by atoms with Gasteiger partial charge in [0.1, 0.15) is 11.3 Å². The summed E-state index contributed by atoms with van der Waals surface area (Å²) in [5.41, 5.74) is -1.84. The van der Waals surface area contributed by atoms with Crippen molar-refractivity contribution < 1.29 is 22.4 Å². The van der Waals surface area contributed by atoms with Crippen molar-refractivity contribution >= 4 is 16.7 Å². The number of rotatable bonds is 3. The predicted molar refractivity (Wildman–Crippen MR) is 96.0 cm³/mol. The number of pyridine rings is 1. The first kappa shape index (κ1) is 18.4. The standard InChI is InChI=1S/C21H16F4N2O/c22-18-16(6-3-7-17(18)21(23,24)25)20(28)26-19-15-5-2-1-4-14(15)10-11-27(19)12-13-8-9-13/h1-7,10-11,13H,8-9,12H2. The van der Waals surface area contributed by atoms with Crippen molar-refractivity contribution in [2.75, 3.05) is 0 Å². The van der Waals surface area contributed by atoms with E-state index in [2.05, 4.69) is 4.99 Å². The average Bonchev–Trinajstić information content (AvgIpc) is 3.47. The van der Waals surface area contributed by atoms with Crippen molar-refractivity contribution in [3.8, 4) is 0 Å². The lowest BCUT2D eigenvalue weighted by Gasteiger charge is -2.11. The highest BCUT2D eigenvalue weighted by molar-refractivity contribution is 5.96. The van der Waals surface area contributed by atoms with E-state index in [0.717, 1.165) is 30.4 Å². The first-order valence-electron chi connectivity index (χ1n) is 8.87. The van der Waals surface area contributed by atoms with Gasteiger partial charge in [-0.3, -0.25) is 4.79 Å². The third-order valence-corrected chi connectivity index (χ3v) is 4.80. The molecular weight excluding hydrogens is 372 g/mol. The lowest BCUT2D eigenvalue weighted by atomic mass is 10.1. The van der Waals surface area contributed by atoms with Gasteiger partial charge in [0.05, 0.1) is 11.1 Å². The minimum absolute atomic E-state index is 0.326. The summed E-state index contributed by atoms with van der Waals surface area (Å²) < 4.78 is 55.0. The second kappa shape index (κ2) is 6.89. The van der Waals surface area contributed by atoms with E-state index in [9.17, 15) is 22.4 Å². The molecule has 0 N–H and O–H groups in total. The van der Waals surface area contributed by atoms with Crippen LogP contribution >= 0.6 is 0 Å². The molecule has 1 aliphatic carbocycles. The number of amides is 1. The van der Waals surface area contributed by atoms with Crippen molar-refractivity contribution in [2.24, 2.45) is 10.9 Å². The summed E-state index contributed by atoms with van der Waals surface area (Å²) in [6.45, 7) is 0.655. The van der Waals surface area contributed by atoms with Gasteiger partial charge in [-0.05, 0) is 42.3 Å². The number of halogens is 4. The number of alkyl halides is 3. The number of nitrogens with zero attached hydrogens (tertiary/aromatic N) is 2. The monoisotopic (exact) mass is 388 g/mol. The van der Waals surface area contributed by atoms with Gasteiger partial charge in [0.15, 0.2) is 0 Å². The quantitative estimate of drug-likeness (QED) is 0.585. The summed E-state index contributed by atoms with van der Waals surface area (Å²) in [7, 11) is 0. The van der Waals surface area contributed by atoms with Crippen LogP contribution in [0.3, 0.4) is 0 Å². The van der Waals surface area contributed by atoms with Gasteiger partial charge in [0.25, 0.3) is 5.91 Å². The van der Waals surface area contributed by atoms with Gasteiger partial charge in [-0.15, -0.1) is 0 Å². The molecule has 7 heteroatoms. The number of carbonyl (C=O) groups excluding carboxylic acids is 1. The number of fused-ring (bicyclic) bond motifs is 1. The molecule has 0 bridgehead atoms. The van der Waals surface area contributed by atoms with Crippen molar-refractivity contribution in [2.45, 2.75) is 25.6 Å². The second-order valence-electron chi connectivity index (χ2n) is 6.90. The number of aromatic nitrogens is 1. The fourth-order valence-corrected chi connectivity index (χ4v) is 3.16. The molecule has 1 saturated carbocycles. The molecule has 0 atom stereocenters. The Morgan fingerprint density at radius 1 is 1.07 bits per heavy atom. The Hall–Kier alpha value is -2.96. The number of benzene rings is 2. The van der Waals surface area contributed by atoms with Crippen LogP contribution in [0.15, 0.2) is 59.7 Å². The minimum atomic E-state index is -4.88. The highest BCUT2D eigenvalue weighted by Crippen LogP contribution is 2.32. The van der Waals surface area contributed by atoms with E-state index in [-0.39, 0.29) is 0 Å². The summed E-state index contributed by atoms with van der Waals surface area (Å²) in [6.07, 6.45) is -0.925. The minimum Gasteiger partial charge on any atom is -0.332 e. The van der Waals surface area contributed by atoms with Crippen LogP contribution < -0.4 is 5.49 Å². The van der Waals surface area contributed by atoms with Crippen LogP contribution in [0.2, 0.25) is 0 Å². The molecule has 3 nitrogen and oxygen atoms in total. The van der Waals surface area contributed by atoms with Gasteiger partial charge in [-0.2, -0.15) is 18.2 Å². The number of carbonyl (C=O) groups is 1. The topological polar surface area (TPSA) is 34.4 Å². The average molecular weight is 388 g/mol. The molecular formula is C21H16F4N2O. The molecule has 2 aromatic carbocycles. The zero-order valence-corrected chi connectivity index (χ0v) is 14.7. The fraction of sp³-hybridized carbons (Fsp3) is 0.238. The van der Waals surface area contributed by atoms with Gasteiger partial charge < -0.3 is 4.57 Å². The summed E-state index contributed by atoms with van der Waals surface area (Å²) in [5.74, 6) is -2.15. The van der Waals surface area contributed by atoms with E-state index in [4.69, 9.17) is 0 Å². The van der Waals surface area contributed by atoms with Gasteiger partial charge in [-0.1, -0.05) is 30.3 Å². The molecule has 1 fully saturated rings. The Morgan fingerprint density at radius 2 is 1.82 bits per heavy atom. The van der Waals surface area contributed by atoms with Gasteiger partial charge >= 0.3 is 6.18 Å². The Kier molecular flexibility index (Phi) is 4.53. The number of hydrogen-bond acceptors (Lipinski definition) is 1. The summed E-state index contributed by atoms with van der Waals surface area (Å²) in [6, 6.07) is 11.8. The summed E-state index contributed by atoms with van der Waals surface area (Å²) in [5, 5.41) is 1.52. The molecule has 1 heterocycles. The normalized spacial score (nSPS) is 15.2. The van der Waals surface area contributed by atoms with Crippen LogP contribution in [0, 0.1) is 11.7 Å². The first-order chi connectivity index (χ1) is 13.3. The van der Waals surface area contributed by atoms with E-state index < -0.39 is 29.0 Å². The Balaban J connectivity index is 1.87. The number of hydrogen-bond donors (Lipinski definition) is 0. The highest BCUT2D eigenvalue weighted by Gasteiger charge is 2.35. The largest absolute Gasteiger partial charge is 0.419 e. The molecule has 0 aliphatic heterocycles. The lowest BCUT2D eigenvalue weighted by Crippen LogP contribution is -2.24. The van der Waals surface area contributed by atoms with Crippen LogP contribution in [0.5, 0.6) is 0 Å². The lowest BCUT2D eigenvalue weighted by molar-refractivity contribution is -0.140. The molecule has 0 saturated heterocycles. The smallest absolute Gasteiger partial charge is 0.332 e. The SMILES string of the molecule is O=C(N=c1c2ccccc2ccn1CC1CC1)c1cccc(C(F)(F)F)c1F. The van der Waals surface area contributed by atoms with Crippen LogP contribution in [-0.2, 0) is 12.7 Å². The van der Waals surface area contributed by atoms with E-state index in [1.54, 1.807) is 18.3 Å². The molecule has 1 aliphatic rings. The molecule has 28 heavy (non-hydrogen) atoms. The second-order valence-corrected chi connectivity index (χ2v) is 6.90. The molecule has 1 amide bonds. The third kappa shape index (κ3) is 3.56. The van der Waals surface area contributed by atoms with E-state index in [1.165, 1.54) is 0 Å². The summed E-state index contributed by atoms with van der Waals surface area (Å²) in [4.78, 5) is 16.7. The Morgan fingerprint density at radius 3 is 2.54 bits per heavy atom. The summed E-state index contributed by atoms with van der Waals surface area (Å²) >= 11 is 0. The maximum Gasteiger partial charge on any atom is 0.419 e. The maximum atomic E-state index is 14.3. The third-order valence-electron chi connectivity index (χ3n) is 4.80. The van der Waals surface area contributed by atoms with Crippen LogP contribution in [0.4, 0.5) is 17.6 Å². The van der Waals surface area contributed by atoms with Crippen molar-refractivity contribution in [1.29, 1.82) is 0 Å². The van der Waals surface area contributed by atoms with Crippen molar-refractivity contribution in [3.05, 3.63) is 77.2 Å². The fourth-order valence-electron chi connectivity index (χ4n) is 3.16. The van der Waals surface area contributed by atoms with Gasteiger partial charge in [0.2, 0.25) is 0 Å². The zero-order valence-electron chi connectivity index (χ0n) is 14.7. The molecule has 1 aromatic heterocycles. The predicted octanol–water partition coefficient (Wildman–Crippen LogP) is 4.95. The molecule has 0 radical (unpaired) electrons. The van der Waals surface area contributed by atoms with Crippen LogP contribution in [0.1, 0.15) is 28.8 Å². The Bertz CT molecular complexity index is 1130. The van der Waals surface area contributed by atoms with Crippen molar-refractivity contribution in [1.82, 2.24) is 4.57 Å². The van der Waals surface area contributed by atoms with Crippen molar-refractivity contribution in [3.63, 3.8) is 0 Å². The van der Waals surface area contributed by atoms with Gasteiger partial charge in [-0.25, -0.2) is 4.39 Å². The van der Waals surface area contributed by atoms with Gasteiger partial charge in [0, 0.05) is 18.1 Å².